The van der Waals surface area contributed by atoms with Crippen LogP contribution in [-0.4, -0.2) is 24.7 Å². The molecule has 0 bridgehead atoms. The Hall–Kier alpha value is -2.12. The third kappa shape index (κ3) is 3.16. The quantitative estimate of drug-likeness (QED) is 0.903. The van der Waals surface area contributed by atoms with Crippen LogP contribution in [0, 0.1) is 11.3 Å². The van der Waals surface area contributed by atoms with Crippen LogP contribution in [0.25, 0.3) is 5.82 Å². The Balaban J connectivity index is 2.65. The first-order valence-corrected chi connectivity index (χ1v) is 7.80. The van der Waals surface area contributed by atoms with Crippen LogP contribution < -0.4 is 5.73 Å². The van der Waals surface area contributed by atoms with Crippen molar-refractivity contribution < 1.29 is 17.4 Å². The van der Waals surface area contributed by atoms with Crippen molar-refractivity contribution in [1.82, 2.24) is 14.8 Å². The van der Waals surface area contributed by atoms with Gasteiger partial charge in [-0.3, -0.25) is 4.21 Å². The first kappa shape index (κ1) is 17.2. The highest BCUT2D eigenvalue weighted by Gasteiger charge is 2.32. The van der Waals surface area contributed by atoms with E-state index < -0.39 is 22.5 Å². The maximum Gasteiger partial charge on any atom is 0.417 e. The molecule has 0 fully saturated rings. The van der Waals surface area contributed by atoms with Crippen molar-refractivity contribution in [3.8, 4) is 11.9 Å². The lowest BCUT2D eigenvalue weighted by atomic mass is 10.3. The Kier molecular flexibility index (Phi) is 4.63. The third-order valence-corrected chi connectivity index (χ3v) is 4.47. The summed E-state index contributed by atoms with van der Waals surface area (Å²) in [4.78, 5) is 3.61. The zero-order valence-electron chi connectivity index (χ0n) is 11.6. The smallest absolute Gasteiger partial charge is 0.381 e. The van der Waals surface area contributed by atoms with Gasteiger partial charge >= 0.3 is 6.18 Å². The lowest BCUT2D eigenvalue weighted by Gasteiger charge is -2.09. The highest BCUT2D eigenvalue weighted by molar-refractivity contribution is 7.85. The Morgan fingerprint density at radius 1 is 1.52 bits per heavy atom. The fraction of sp³-hybridized carbons (Fsp3) is 0.250. The standard InChI is InChI=1S/C12H9ClF3N5OS/c1-2-23(22)9-8(4-17)21(20-10(9)18)11-7(13)3-6(5-19-11)12(14,15)16/h3,5H,2H2,1H3,(H2,18,20). The number of aromatic nitrogens is 3. The number of nitrogens with zero attached hydrogens (tertiary/aromatic N) is 4. The van der Waals surface area contributed by atoms with Gasteiger partial charge in [0.1, 0.15) is 11.0 Å². The van der Waals surface area contributed by atoms with E-state index in [1.54, 1.807) is 13.0 Å². The van der Waals surface area contributed by atoms with Crippen LogP contribution in [0.4, 0.5) is 19.0 Å². The Labute approximate surface area is 136 Å². The van der Waals surface area contributed by atoms with Crippen molar-refractivity contribution in [3.63, 3.8) is 0 Å². The summed E-state index contributed by atoms with van der Waals surface area (Å²) in [5, 5.41) is 12.7. The summed E-state index contributed by atoms with van der Waals surface area (Å²) in [5.74, 6) is -0.180. The van der Waals surface area contributed by atoms with Crippen molar-refractivity contribution in [2.24, 2.45) is 0 Å². The van der Waals surface area contributed by atoms with Gasteiger partial charge in [-0.05, 0) is 6.07 Å². The summed E-state index contributed by atoms with van der Waals surface area (Å²) >= 11 is 5.82. The molecular weight excluding hydrogens is 355 g/mol. The van der Waals surface area contributed by atoms with Crippen molar-refractivity contribution in [2.75, 3.05) is 11.5 Å². The number of hydrogen-bond acceptors (Lipinski definition) is 5. The van der Waals surface area contributed by atoms with Crippen LogP contribution in [0.5, 0.6) is 0 Å². The number of anilines is 1. The molecule has 2 aromatic rings. The van der Waals surface area contributed by atoms with Gasteiger partial charge in [-0.1, -0.05) is 18.5 Å². The van der Waals surface area contributed by atoms with Gasteiger partial charge in [0.25, 0.3) is 0 Å². The maximum absolute atomic E-state index is 12.6. The first-order valence-electron chi connectivity index (χ1n) is 6.10. The molecule has 122 valence electrons. The van der Waals surface area contributed by atoms with Crippen molar-refractivity contribution in [3.05, 3.63) is 28.5 Å². The van der Waals surface area contributed by atoms with E-state index in [0.29, 0.717) is 12.3 Å². The van der Waals surface area contributed by atoms with E-state index in [2.05, 4.69) is 10.1 Å². The second kappa shape index (κ2) is 6.17. The van der Waals surface area contributed by atoms with E-state index in [4.69, 9.17) is 17.3 Å². The lowest BCUT2D eigenvalue weighted by molar-refractivity contribution is -0.137. The highest BCUT2D eigenvalue weighted by Crippen LogP contribution is 2.33. The lowest BCUT2D eigenvalue weighted by Crippen LogP contribution is -2.09. The molecule has 2 rings (SSSR count). The molecule has 0 spiro atoms. The zero-order valence-corrected chi connectivity index (χ0v) is 13.1. The van der Waals surface area contributed by atoms with Crippen LogP contribution in [0.3, 0.4) is 0 Å². The number of rotatable bonds is 3. The van der Waals surface area contributed by atoms with E-state index in [1.807, 2.05) is 0 Å². The molecule has 0 saturated heterocycles. The van der Waals surface area contributed by atoms with Gasteiger partial charge < -0.3 is 5.73 Å². The molecule has 0 aromatic carbocycles. The average molecular weight is 364 g/mol. The molecule has 0 amide bonds. The van der Waals surface area contributed by atoms with Gasteiger partial charge in [0.05, 0.1) is 21.4 Å². The van der Waals surface area contributed by atoms with E-state index in [0.717, 1.165) is 4.68 Å². The molecule has 0 aliphatic rings. The second-order valence-electron chi connectivity index (χ2n) is 4.25. The van der Waals surface area contributed by atoms with Gasteiger partial charge in [-0.2, -0.15) is 23.1 Å². The van der Waals surface area contributed by atoms with Crippen LogP contribution >= 0.6 is 11.6 Å². The molecule has 1 atom stereocenters. The van der Waals surface area contributed by atoms with Gasteiger partial charge in [0, 0.05) is 11.9 Å². The van der Waals surface area contributed by atoms with E-state index >= 15 is 0 Å². The van der Waals surface area contributed by atoms with E-state index in [9.17, 15) is 22.6 Å². The fourth-order valence-electron chi connectivity index (χ4n) is 1.78. The van der Waals surface area contributed by atoms with Crippen molar-refractivity contribution in [2.45, 2.75) is 18.0 Å². The second-order valence-corrected chi connectivity index (χ2v) is 6.33. The predicted molar refractivity (Wildman–Crippen MR) is 77.4 cm³/mol. The van der Waals surface area contributed by atoms with Crippen LogP contribution in [0.1, 0.15) is 18.2 Å². The number of nitrogen functional groups attached to an aromatic ring is 1. The molecule has 0 aliphatic carbocycles. The van der Waals surface area contributed by atoms with Gasteiger partial charge in [-0.25, -0.2) is 4.98 Å². The third-order valence-electron chi connectivity index (χ3n) is 2.81. The molecular formula is C12H9ClF3N5OS. The number of hydrogen-bond donors (Lipinski definition) is 1. The number of nitrogens with two attached hydrogens (primary N) is 1. The van der Waals surface area contributed by atoms with Crippen LogP contribution in [0.15, 0.2) is 17.2 Å². The minimum atomic E-state index is -4.61. The van der Waals surface area contributed by atoms with Crippen molar-refractivity contribution in [1.29, 1.82) is 5.26 Å². The molecule has 2 heterocycles. The van der Waals surface area contributed by atoms with Crippen molar-refractivity contribution >= 4 is 28.2 Å². The Morgan fingerprint density at radius 2 is 2.17 bits per heavy atom. The summed E-state index contributed by atoms with van der Waals surface area (Å²) in [6.45, 7) is 1.62. The average Bonchev–Trinajstić information content (AvgIpc) is 2.81. The van der Waals surface area contributed by atoms with E-state index in [-0.39, 0.29) is 33.0 Å². The Morgan fingerprint density at radius 3 is 2.65 bits per heavy atom. The minimum absolute atomic E-state index is 0.00719. The monoisotopic (exact) mass is 363 g/mol. The van der Waals surface area contributed by atoms with Gasteiger partial charge in [0.15, 0.2) is 17.3 Å². The molecule has 2 N–H and O–H groups in total. The van der Waals surface area contributed by atoms with Crippen LogP contribution in [-0.2, 0) is 17.0 Å². The number of alkyl halides is 3. The molecule has 11 heteroatoms. The molecule has 1 unspecified atom stereocenters. The van der Waals surface area contributed by atoms with E-state index in [1.165, 1.54) is 0 Å². The first-order chi connectivity index (χ1) is 10.7. The topological polar surface area (TPSA) is 97.6 Å². The summed E-state index contributed by atoms with van der Waals surface area (Å²) < 4.78 is 50.7. The highest BCUT2D eigenvalue weighted by atomic mass is 35.5. The molecule has 0 saturated carbocycles. The molecule has 23 heavy (non-hydrogen) atoms. The maximum atomic E-state index is 12.6. The largest absolute Gasteiger partial charge is 0.417 e. The minimum Gasteiger partial charge on any atom is -0.381 e. The Bertz CT molecular complexity index is 827. The SMILES string of the molecule is CCS(=O)c1c(N)nn(-c2ncc(C(F)(F)F)cc2Cl)c1C#N. The normalized spacial score (nSPS) is 12.9. The van der Waals surface area contributed by atoms with Gasteiger partial charge in [-0.15, -0.1) is 5.10 Å². The molecule has 6 nitrogen and oxygen atoms in total. The summed E-state index contributed by atoms with van der Waals surface area (Å²) in [6.07, 6.45) is -4.04. The molecule has 2 aromatic heterocycles. The van der Waals surface area contributed by atoms with Crippen LogP contribution in [0.2, 0.25) is 5.02 Å². The fourth-order valence-corrected chi connectivity index (χ4v) is 2.94. The number of nitriles is 1. The van der Waals surface area contributed by atoms with Gasteiger partial charge in [0.2, 0.25) is 0 Å². The molecule has 0 radical (unpaired) electrons. The summed E-state index contributed by atoms with van der Waals surface area (Å²) in [6, 6.07) is 2.44. The summed E-state index contributed by atoms with van der Waals surface area (Å²) in [5.41, 5.74) is 4.43. The zero-order chi connectivity index (χ0) is 17.4. The number of pyridine rings is 1. The predicted octanol–water partition coefficient (Wildman–Crippen LogP) is 2.52. The molecule has 0 aliphatic heterocycles. The number of halogens is 4. The summed E-state index contributed by atoms with van der Waals surface area (Å²) in [7, 11) is -1.57.